The fourth-order valence-electron chi connectivity index (χ4n) is 3.73. The quantitative estimate of drug-likeness (QED) is 0.689. The zero-order chi connectivity index (χ0) is 18.3. The Kier molecular flexibility index (Phi) is 4.19. The monoisotopic (exact) mass is 367 g/mol. The molecule has 2 aromatic carbocycles. The molecule has 5 heteroatoms. The summed E-state index contributed by atoms with van der Waals surface area (Å²) in [7, 11) is -3.62. The molecule has 1 aliphatic rings. The van der Waals surface area contributed by atoms with Gasteiger partial charge in [0.25, 0.3) is 10.0 Å². The Labute approximate surface area is 153 Å². The van der Waals surface area contributed by atoms with Crippen LogP contribution in [0.1, 0.15) is 42.7 Å². The standard InChI is InChI=1S/C21H21NO3S/c1-15-5-8-20(9-6-15)26(24,25)22-12-11-18-13-17(7-10-21(18)22)16-3-2-4-19(23)14-16/h5-13,16H,2-4,14H2,1H3. The van der Waals surface area contributed by atoms with Crippen LogP contribution in [0.15, 0.2) is 59.6 Å². The van der Waals surface area contributed by atoms with Gasteiger partial charge in [0.15, 0.2) is 0 Å². The Bertz CT molecular complexity index is 1080. The molecule has 134 valence electrons. The molecule has 0 bridgehead atoms. The molecular weight excluding hydrogens is 346 g/mol. The zero-order valence-electron chi connectivity index (χ0n) is 14.7. The molecule has 1 fully saturated rings. The van der Waals surface area contributed by atoms with E-state index in [0.717, 1.165) is 29.4 Å². The zero-order valence-corrected chi connectivity index (χ0v) is 15.5. The third kappa shape index (κ3) is 2.97. The maximum absolute atomic E-state index is 13.0. The van der Waals surface area contributed by atoms with E-state index in [4.69, 9.17) is 0 Å². The summed E-state index contributed by atoms with van der Waals surface area (Å²) >= 11 is 0. The van der Waals surface area contributed by atoms with E-state index in [2.05, 4.69) is 0 Å². The highest BCUT2D eigenvalue weighted by Crippen LogP contribution is 2.33. The number of fused-ring (bicyclic) bond motifs is 1. The van der Waals surface area contributed by atoms with Crippen molar-refractivity contribution in [2.45, 2.75) is 43.4 Å². The number of benzene rings is 2. The van der Waals surface area contributed by atoms with E-state index in [1.165, 1.54) is 3.97 Å². The molecule has 1 atom stereocenters. The second-order valence-corrected chi connectivity index (χ2v) is 8.89. The Morgan fingerprint density at radius 2 is 1.81 bits per heavy atom. The van der Waals surface area contributed by atoms with Gasteiger partial charge < -0.3 is 0 Å². The Hall–Kier alpha value is -2.40. The largest absolute Gasteiger partial charge is 0.300 e. The molecule has 0 aliphatic heterocycles. The minimum Gasteiger partial charge on any atom is -0.300 e. The van der Waals surface area contributed by atoms with Gasteiger partial charge >= 0.3 is 0 Å². The van der Waals surface area contributed by atoms with Crippen LogP contribution in [0.5, 0.6) is 0 Å². The van der Waals surface area contributed by atoms with E-state index in [0.29, 0.717) is 24.1 Å². The summed E-state index contributed by atoms with van der Waals surface area (Å²) in [6.45, 7) is 1.93. The minimum atomic E-state index is -3.62. The summed E-state index contributed by atoms with van der Waals surface area (Å²) in [4.78, 5) is 12.0. The van der Waals surface area contributed by atoms with Gasteiger partial charge in [0.05, 0.1) is 10.4 Å². The molecule has 1 unspecified atom stereocenters. The number of nitrogens with zero attached hydrogens (tertiary/aromatic N) is 1. The Morgan fingerprint density at radius 1 is 1.04 bits per heavy atom. The number of aryl methyl sites for hydroxylation is 1. The van der Waals surface area contributed by atoms with Gasteiger partial charge in [-0.15, -0.1) is 0 Å². The minimum absolute atomic E-state index is 0.248. The summed E-state index contributed by atoms with van der Waals surface area (Å²) in [6, 6.07) is 14.6. The number of aromatic nitrogens is 1. The average Bonchev–Trinajstić information content (AvgIpc) is 3.06. The number of ketones is 1. The molecule has 4 nitrogen and oxygen atoms in total. The number of hydrogen-bond acceptors (Lipinski definition) is 3. The van der Waals surface area contributed by atoms with Crippen LogP contribution in [0, 0.1) is 6.92 Å². The van der Waals surface area contributed by atoms with E-state index < -0.39 is 10.0 Å². The van der Waals surface area contributed by atoms with Crippen molar-refractivity contribution in [2.24, 2.45) is 0 Å². The average molecular weight is 367 g/mol. The normalized spacial score (nSPS) is 18.3. The molecule has 1 saturated carbocycles. The first-order valence-corrected chi connectivity index (χ1v) is 10.3. The third-order valence-electron chi connectivity index (χ3n) is 5.21. The lowest BCUT2D eigenvalue weighted by Gasteiger charge is -2.21. The fraction of sp³-hybridized carbons (Fsp3) is 0.286. The van der Waals surface area contributed by atoms with Crippen LogP contribution in [0.2, 0.25) is 0 Å². The van der Waals surface area contributed by atoms with Crippen molar-refractivity contribution in [3.63, 3.8) is 0 Å². The van der Waals surface area contributed by atoms with Crippen LogP contribution >= 0.6 is 0 Å². The molecule has 0 radical (unpaired) electrons. The van der Waals surface area contributed by atoms with Gasteiger partial charge in [-0.1, -0.05) is 23.8 Å². The summed E-state index contributed by atoms with van der Waals surface area (Å²) in [5.41, 5.74) is 2.81. The van der Waals surface area contributed by atoms with Crippen LogP contribution in [0.4, 0.5) is 0 Å². The number of rotatable bonds is 3. The molecule has 0 saturated heterocycles. The molecule has 4 rings (SSSR count). The van der Waals surface area contributed by atoms with Crippen LogP contribution in [0.25, 0.3) is 10.9 Å². The summed E-state index contributed by atoms with van der Waals surface area (Å²) < 4.78 is 27.3. The van der Waals surface area contributed by atoms with Gasteiger partial charge in [0.2, 0.25) is 0 Å². The summed E-state index contributed by atoms with van der Waals surface area (Å²) in [5.74, 6) is 0.568. The van der Waals surface area contributed by atoms with Crippen LogP contribution in [0.3, 0.4) is 0 Å². The smallest absolute Gasteiger partial charge is 0.268 e. The maximum atomic E-state index is 13.0. The molecular formula is C21H21NO3S. The van der Waals surface area contributed by atoms with E-state index in [9.17, 15) is 13.2 Å². The van der Waals surface area contributed by atoms with Gasteiger partial charge in [-0.25, -0.2) is 12.4 Å². The van der Waals surface area contributed by atoms with E-state index in [1.807, 2.05) is 31.2 Å². The molecule has 3 aromatic rings. The van der Waals surface area contributed by atoms with Crippen molar-refractivity contribution in [2.75, 3.05) is 0 Å². The maximum Gasteiger partial charge on any atom is 0.268 e. The van der Waals surface area contributed by atoms with Crippen molar-refractivity contribution in [3.05, 3.63) is 65.9 Å². The van der Waals surface area contributed by atoms with Crippen LogP contribution in [-0.2, 0) is 14.8 Å². The SMILES string of the molecule is Cc1ccc(S(=O)(=O)n2ccc3cc(C4CCCC(=O)C4)ccc32)cc1. The molecule has 1 aromatic heterocycles. The van der Waals surface area contributed by atoms with Gasteiger partial charge in [-0.05, 0) is 61.6 Å². The number of carbonyl (C=O) groups excluding carboxylic acids is 1. The van der Waals surface area contributed by atoms with Gasteiger partial charge in [-0.2, -0.15) is 0 Å². The lowest BCUT2D eigenvalue weighted by molar-refractivity contribution is -0.120. The molecule has 1 aliphatic carbocycles. The van der Waals surface area contributed by atoms with Crippen molar-refractivity contribution in [3.8, 4) is 0 Å². The number of carbonyl (C=O) groups is 1. The highest BCUT2D eigenvalue weighted by molar-refractivity contribution is 7.90. The summed E-state index contributed by atoms with van der Waals surface area (Å²) in [5, 5.41) is 0.885. The molecule has 1 heterocycles. The van der Waals surface area contributed by atoms with Crippen molar-refractivity contribution in [1.29, 1.82) is 0 Å². The van der Waals surface area contributed by atoms with Crippen molar-refractivity contribution >= 4 is 26.7 Å². The van der Waals surface area contributed by atoms with Crippen molar-refractivity contribution in [1.82, 2.24) is 3.97 Å². The molecule has 26 heavy (non-hydrogen) atoms. The van der Waals surface area contributed by atoms with E-state index in [1.54, 1.807) is 30.5 Å². The highest BCUT2D eigenvalue weighted by Gasteiger charge is 2.23. The molecule has 0 spiro atoms. The lowest BCUT2D eigenvalue weighted by Crippen LogP contribution is -2.13. The Morgan fingerprint density at radius 3 is 2.54 bits per heavy atom. The van der Waals surface area contributed by atoms with E-state index in [-0.39, 0.29) is 10.8 Å². The van der Waals surface area contributed by atoms with Gasteiger partial charge in [0.1, 0.15) is 5.78 Å². The first-order chi connectivity index (χ1) is 12.4. The topological polar surface area (TPSA) is 56.1 Å². The fourth-order valence-corrected chi connectivity index (χ4v) is 5.09. The third-order valence-corrected chi connectivity index (χ3v) is 6.91. The number of hydrogen-bond donors (Lipinski definition) is 0. The van der Waals surface area contributed by atoms with Gasteiger partial charge in [0, 0.05) is 24.4 Å². The van der Waals surface area contributed by atoms with Gasteiger partial charge in [-0.3, -0.25) is 4.79 Å². The second-order valence-electron chi connectivity index (χ2n) is 7.08. The predicted octanol–water partition coefficient (Wildman–Crippen LogP) is 4.41. The second kappa shape index (κ2) is 6.40. The molecule has 0 amide bonds. The van der Waals surface area contributed by atoms with E-state index >= 15 is 0 Å². The first-order valence-electron chi connectivity index (χ1n) is 8.90. The molecule has 0 N–H and O–H groups in total. The van der Waals surface area contributed by atoms with Crippen molar-refractivity contribution < 1.29 is 13.2 Å². The Balaban J connectivity index is 1.73. The first kappa shape index (κ1) is 17.0. The lowest BCUT2D eigenvalue weighted by atomic mass is 9.83. The highest BCUT2D eigenvalue weighted by atomic mass is 32.2. The van der Waals surface area contributed by atoms with Crippen LogP contribution < -0.4 is 0 Å². The van der Waals surface area contributed by atoms with Crippen LogP contribution in [-0.4, -0.2) is 18.2 Å². The predicted molar refractivity (Wildman–Crippen MR) is 102 cm³/mol. The number of Topliss-reactive ketones (excluding diaryl/α,β-unsaturated/α-hetero) is 1. The summed E-state index contributed by atoms with van der Waals surface area (Å²) in [6.07, 6.45) is 4.83.